The first-order valence-corrected chi connectivity index (χ1v) is 11.2. The fraction of sp³-hybridized carbons (Fsp3) is 0.882. The van der Waals surface area contributed by atoms with Gasteiger partial charge >= 0.3 is 136 Å². The average Bonchev–Trinajstić information content (AvgIpc) is 2.39. The third-order valence-electron chi connectivity index (χ3n) is 3.90. The van der Waals surface area contributed by atoms with Crippen LogP contribution in [0.25, 0.3) is 0 Å². The fourth-order valence-electron chi connectivity index (χ4n) is 2.75. The minimum absolute atomic E-state index is 0.401. The molecule has 0 saturated heterocycles. The molecular weight excluding hydrogens is 355 g/mol. The zero-order chi connectivity index (χ0) is 15.4. The van der Waals surface area contributed by atoms with Crippen molar-refractivity contribution in [3.63, 3.8) is 0 Å². The van der Waals surface area contributed by atoms with E-state index < -0.39 is 27.4 Å². The van der Waals surface area contributed by atoms with Crippen LogP contribution >= 0.6 is 0 Å². The molecule has 0 bridgehead atoms. The first kappa shape index (κ1) is 20.5. The zero-order valence-corrected chi connectivity index (χ0v) is 16.6. The molecule has 118 valence electrons. The summed E-state index contributed by atoms with van der Waals surface area (Å²) in [6, 6.07) is 0. The Morgan fingerprint density at radius 3 is 1.65 bits per heavy atom. The van der Waals surface area contributed by atoms with E-state index in [9.17, 15) is 0 Å². The van der Waals surface area contributed by atoms with Crippen LogP contribution in [0.1, 0.15) is 85.0 Å². The second-order valence-electron chi connectivity index (χ2n) is 6.00. The normalized spacial score (nSPS) is 12.1. The predicted molar refractivity (Wildman–Crippen MR) is 89.0 cm³/mol. The Morgan fingerprint density at radius 1 is 0.950 bits per heavy atom. The SMILES string of the molecule is C=[C](CC(O)O)[Sn][C](CCCC)(CCCC)CCCC. The number of hydrogen-bond donors (Lipinski definition) is 2. The van der Waals surface area contributed by atoms with Gasteiger partial charge in [0.05, 0.1) is 0 Å². The molecule has 0 aromatic carbocycles. The summed E-state index contributed by atoms with van der Waals surface area (Å²) in [5, 5.41) is 18.3. The molecule has 2 radical (unpaired) electrons. The van der Waals surface area contributed by atoms with Crippen LogP contribution in [0.15, 0.2) is 10.2 Å². The summed E-state index contributed by atoms with van der Waals surface area (Å²) in [6.07, 6.45) is 10.9. The van der Waals surface area contributed by atoms with Crippen LogP contribution in [-0.2, 0) is 0 Å². The van der Waals surface area contributed by atoms with Gasteiger partial charge in [-0.3, -0.25) is 0 Å². The molecule has 0 saturated carbocycles. The van der Waals surface area contributed by atoms with E-state index in [0.717, 1.165) is 0 Å². The van der Waals surface area contributed by atoms with Crippen LogP contribution < -0.4 is 0 Å². The summed E-state index contributed by atoms with van der Waals surface area (Å²) in [5.74, 6) is 0. The average molecular weight is 389 g/mol. The molecule has 0 aromatic heterocycles. The molecule has 2 nitrogen and oxygen atoms in total. The minimum atomic E-state index is -1.20. The molecule has 0 rings (SSSR count). The predicted octanol–water partition coefficient (Wildman–Crippen LogP) is 4.63. The molecule has 20 heavy (non-hydrogen) atoms. The summed E-state index contributed by atoms with van der Waals surface area (Å²) in [6.45, 7) is 11.0. The van der Waals surface area contributed by atoms with Crippen molar-refractivity contribution < 1.29 is 10.2 Å². The van der Waals surface area contributed by atoms with E-state index in [1.54, 1.807) is 0 Å². The van der Waals surface area contributed by atoms with Crippen LogP contribution in [0.3, 0.4) is 0 Å². The van der Waals surface area contributed by atoms with Crippen LogP contribution in [0, 0.1) is 0 Å². The molecule has 0 aliphatic carbocycles. The topological polar surface area (TPSA) is 40.5 Å². The number of hydrogen-bond acceptors (Lipinski definition) is 2. The van der Waals surface area contributed by atoms with Gasteiger partial charge in [0.1, 0.15) is 0 Å². The Balaban J connectivity index is 4.77. The van der Waals surface area contributed by atoms with Gasteiger partial charge in [0, 0.05) is 0 Å². The summed E-state index contributed by atoms with van der Waals surface area (Å²) in [4.78, 5) is 0. The maximum atomic E-state index is 9.17. The Hall–Kier alpha value is 0.459. The molecule has 0 atom stereocenters. The second-order valence-corrected chi connectivity index (χ2v) is 11.8. The summed E-state index contributed by atoms with van der Waals surface area (Å²) >= 11 is -0.798. The first-order chi connectivity index (χ1) is 9.49. The molecule has 0 aromatic rings. The van der Waals surface area contributed by atoms with E-state index in [1.165, 1.54) is 61.4 Å². The summed E-state index contributed by atoms with van der Waals surface area (Å²) in [7, 11) is 0. The number of aliphatic hydroxyl groups is 2. The number of rotatable bonds is 13. The molecule has 3 heteroatoms. The van der Waals surface area contributed by atoms with E-state index in [0.29, 0.717) is 9.85 Å². The van der Waals surface area contributed by atoms with Gasteiger partial charge in [-0.1, -0.05) is 0 Å². The molecule has 0 spiro atoms. The van der Waals surface area contributed by atoms with Gasteiger partial charge in [-0.2, -0.15) is 0 Å². The zero-order valence-electron chi connectivity index (χ0n) is 13.7. The van der Waals surface area contributed by atoms with Crippen LogP contribution in [-0.4, -0.2) is 37.6 Å². The van der Waals surface area contributed by atoms with Gasteiger partial charge in [0.2, 0.25) is 0 Å². The summed E-state index contributed by atoms with van der Waals surface area (Å²) in [5.41, 5.74) is 0. The Labute approximate surface area is 136 Å². The standard InChI is InChI=1S/C13H27.C4H7O2.Sn/c1-4-7-10-13(11-8-5-2)12-9-6-3;1-2-3-4(5)6;/h4-12H2,1-3H3;4-6H,1,3H2;. The number of unbranched alkanes of at least 4 members (excludes halogenated alkanes) is 3. The van der Waals surface area contributed by atoms with Crippen molar-refractivity contribution in [2.45, 2.75) is 94.7 Å². The van der Waals surface area contributed by atoms with Crippen LogP contribution in [0.2, 0.25) is 3.43 Å². The van der Waals surface area contributed by atoms with Crippen LogP contribution in [0.4, 0.5) is 0 Å². The molecule has 2 N–H and O–H groups in total. The van der Waals surface area contributed by atoms with Crippen molar-refractivity contribution in [3.05, 3.63) is 10.2 Å². The van der Waals surface area contributed by atoms with E-state index in [4.69, 9.17) is 10.2 Å². The fourth-order valence-corrected chi connectivity index (χ4v) is 8.29. The van der Waals surface area contributed by atoms with Gasteiger partial charge in [-0.25, -0.2) is 0 Å². The summed E-state index contributed by atoms with van der Waals surface area (Å²) < 4.78 is 1.68. The molecule has 0 aliphatic rings. The van der Waals surface area contributed by atoms with E-state index in [2.05, 4.69) is 27.4 Å². The van der Waals surface area contributed by atoms with Crippen molar-refractivity contribution in [1.29, 1.82) is 0 Å². The molecule has 0 heterocycles. The monoisotopic (exact) mass is 390 g/mol. The van der Waals surface area contributed by atoms with Crippen molar-refractivity contribution >= 4 is 21.1 Å². The van der Waals surface area contributed by atoms with Crippen molar-refractivity contribution in [2.24, 2.45) is 0 Å². The Bertz CT molecular complexity index is 230. The van der Waals surface area contributed by atoms with Gasteiger partial charge in [0.25, 0.3) is 0 Å². The van der Waals surface area contributed by atoms with Gasteiger partial charge in [-0.15, -0.1) is 0 Å². The molecule has 0 aliphatic heterocycles. The quantitative estimate of drug-likeness (QED) is 0.356. The van der Waals surface area contributed by atoms with Crippen molar-refractivity contribution in [1.82, 2.24) is 0 Å². The maximum absolute atomic E-state index is 9.17. The van der Waals surface area contributed by atoms with Gasteiger partial charge in [0.15, 0.2) is 0 Å². The molecule has 0 fully saturated rings. The molecule has 0 amide bonds. The Morgan fingerprint density at radius 2 is 1.35 bits per heavy atom. The van der Waals surface area contributed by atoms with E-state index in [1.807, 2.05) is 0 Å². The molecule has 0 unspecified atom stereocenters. The number of aliphatic hydroxyl groups excluding tert-OH is 1. The third-order valence-corrected chi connectivity index (χ3v) is 9.14. The third kappa shape index (κ3) is 9.40. The van der Waals surface area contributed by atoms with Crippen LogP contribution in [0.5, 0.6) is 0 Å². The van der Waals surface area contributed by atoms with Gasteiger partial charge in [-0.05, 0) is 0 Å². The second kappa shape index (κ2) is 12.0. The van der Waals surface area contributed by atoms with Gasteiger partial charge < -0.3 is 0 Å². The molecular formula is C17H34O2Sn. The Kier molecular flexibility index (Phi) is 12.3. The first-order valence-electron chi connectivity index (χ1n) is 8.31. The van der Waals surface area contributed by atoms with E-state index >= 15 is 0 Å². The van der Waals surface area contributed by atoms with Crippen molar-refractivity contribution in [2.75, 3.05) is 0 Å². The van der Waals surface area contributed by atoms with E-state index in [-0.39, 0.29) is 0 Å². The van der Waals surface area contributed by atoms with Crippen molar-refractivity contribution in [3.8, 4) is 0 Å².